The number of carbonyl (C=O) groups excluding carboxylic acids is 1. The van der Waals surface area contributed by atoms with Crippen molar-refractivity contribution in [3.05, 3.63) is 54.1 Å². The maximum Gasteiger partial charge on any atom is 0.234 e. The lowest BCUT2D eigenvalue weighted by molar-refractivity contribution is -0.122. The largest absolute Gasteiger partial charge is 0.351 e. The van der Waals surface area contributed by atoms with E-state index in [4.69, 9.17) is 0 Å². The Morgan fingerprint density at radius 2 is 2.11 bits per heavy atom. The lowest BCUT2D eigenvalue weighted by atomic mass is 9.93. The lowest BCUT2D eigenvalue weighted by Gasteiger charge is -2.29. The first kappa shape index (κ1) is 18.2. The molecule has 2 aliphatic rings. The van der Waals surface area contributed by atoms with E-state index < -0.39 is 0 Å². The third-order valence-corrected chi connectivity index (χ3v) is 6.13. The Morgan fingerprint density at radius 3 is 2.81 bits per heavy atom. The van der Waals surface area contributed by atoms with E-state index in [0.717, 1.165) is 31.0 Å². The van der Waals surface area contributed by atoms with Crippen molar-refractivity contribution in [3.63, 3.8) is 0 Å². The number of hydrogen-bond donors (Lipinski definition) is 2. The van der Waals surface area contributed by atoms with Crippen LogP contribution in [0.15, 0.2) is 42.7 Å². The van der Waals surface area contributed by atoms with Crippen LogP contribution in [-0.4, -0.2) is 46.0 Å². The minimum Gasteiger partial charge on any atom is -0.351 e. The molecular weight excluding hydrogens is 338 g/mol. The van der Waals surface area contributed by atoms with E-state index >= 15 is 0 Å². The predicted molar refractivity (Wildman–Crippen MR) is 105 cm³/mol. The fourth-order valence-corrected chi connectivity index (χ4v) is 4.35. The third-order valence-electron chi connectivity index (χ3n) is 6.13. The molecule has 6 heteroatoms. The molecule has 2 N–H and O–H groups in total. The van der Waals surface area contributed by atoms with Gasteiger partial charge in [0.05, 0.1) is 13.1 Å². The molecule has 1 saturated carbocycles. The fraction of sp³-hybridized carbons (Fsp3) is 0.524. The van der Waals surface area contributed by atoms with Gasteiger partial charge in [-0.3, -0.25) is 9.69 Å². The van der Waals surface area contributed by atoms with Crippen LogP contribution < -0.4 is 10.6 Å². The molecule has 2 aromatic rings. The third kappa shape index (κ3) is 4.22. The molecule has 27 heavy (non-hydrogen) atoms. The Hall–Kier alpha value is -2.18. The molecule has 0 radical (unpaired) electrons. The maximum atomic E-state index is 12.7. The van der Waals surface area contributed by atoms with Crippen molar-refractivity contribution < 1.29 is 4.79 Å². The Bertz CT molecular complexity index is 766. The number of carbonyl (C=O) groups is 1. The van der Waals surface area contributed by atoms with E-state index in [1.165, 1.54) is 19.3 Å². The zero-order valence-electron chi connectivity index (χ0n) is 16.0. The van der Waals surface area contributed by atoms with Gasteiger partial charge in [-0.15, -0.1) is 0 Å². The number of imidazole rings is 1. The second-order valence-corrected chi connectivity index (χ2v) is 7.95. The zero-order valence-corrected chi connectivity index (χ0v) is 16.0. The summed E-state index contributed by atoms with van der Waals surface area (Å²) in [4.78, 5) is 19.5. The number of amides is 1. The van der Waals surface area contributed by atoms with E-state index in [1.807, 2.05) is 54.3 Å². The minimum absolute atomic E-state index is 0.0871. The van der Waals surface area contributed by atoms with Gasteiger partial charge in [-0.25, -0.2) is 4.98 Å². The van der Waals surface area contributed by atoms with Crippen molar-refractivity contribution in [2.75, 3.05) is 19.6 Å². The maximum absolute atomic E-state index is 12.7. The van der Waals surface area contributed by atoms with E-state index in [-0.39, 0.29) is 5.91 Å². The first-order valence-corrected chi connectivity index (χ1v) is 9.88. The quantitative estimate of drug-likeness (QED) is 0.782. The normalized spacial score (nSPS) is 20.7. The lowest BCUT2D eigenvalue weighted by Crippen LogP contribution is -2.41. The molecule has 144 valence electrons. The van der Waals surface area contributed by atoms with Crippen LogP contribution in [0.1, 0.15) is 30.7 Å². The van der Waals surface area contributed by atoms with Crippen molar-refractivity contribution in [2.24, 2.45) is 12.5 Å². The second kappa shape index (κ2) is 7.82. The highest BCUT2D eigenvalue weighted by Gasteiger charge is 2.56. The van der Waals surface area contributed by atoms with Crippen LogP contribution in [0.4, 0.5) is 0 Å². The van der Waals surface area contributed by atoms with Gasteiger partial charge in [0.25, 0.3) is 0 Å². The standard InChI is InChI=1S/C21H29N5O/c1-25-12-11-23-19(25)15-26(18-13-21(18)7-9-22-10-8-21)16-20(27)24-14-17-5-3-2-4-6-17/h2-6,11-12,18,22H,7-10,13-16H2,1H3,(H,24,27)/t18-/m0/s1. The molecule has 1 aliphatic heterocycles. The average Bonchev–Trinajstić information content (AvgIpc) is 3.22. The number of hydrogen-bond acceptors (Lipinski definition) is 4. The summed E-state index contributed by atoms with van der Waals surface area (Å²) < 4.78 is 2.05. The number of aryl methyl sites for hydroxylation is 1. The van der Waals surface area contributed by atoms with E-state index in [2.05, 4.69) is 20.5 Å². The summed E-state index contributed by atoms with van der Waals surface area (Å²) in [5, 5.41) is 6.54. The second-order valence-electron chi connectivity index (χ2n) is 7.95. The number of aromatic nitrogens is 2. The van der Waals surface area contributed by atoms with Gasteiger partial charge in [0.1, 0.15) is 5.82 Å². The van der Waals surface area contributed by atoms with Gasteiger partial charge in [-0.05, 0) is 43.3 Å². The summed E-state index contributed by atoms with van der Waals surface area (Å²) >= 11 is 0. The molecule has 1 aromatic heterocycles. The molecule has 6 nitrogen and oxygen atoms in total. The van der Waals surface area contributed by atoms with Gasteiger partial charge >= 0.3 is 0 Å². The summed E-state index contributed by atoms with van der Waals surface area (Å²) in [6, 6.07) is 10.6. The molecule has 0 unspecified atom stereocenters. The molecular formula is C21H29N5O. The van der Waals surface area contributed by atoms with Crippen molar-refractivity contribution in [1.29, 1.82) is 0 Å². The van der Waals surface area contributed by atoms with E-state index in [1.54, 1.807) is 0 Å². The number of benzene rings is 1. The highest BCUT2D eigenvalue weighted by Crippen LogP contribution is 2.55. The van der Waals surface area contributed by atoms with Crippen LogP contribution in [-0.2, 0) is 24.9 Å². The summed E-state index contributed by atoms with van der Waals surface area (Å²) in [7, 11) is 2.02. The smallest absolute Gasteiger partial charge is 0.234 e. The Labute approximate surface area is 161 Å². The number of rotatable bonds is 7. The summed E-state index contributed by atoms with van der Waals surface area (Å²) in [5.41, 5.74) is 1.53. The monoisotopic (exact) mass is 367 g/mol. The predicted octanol–water partition coefficient (Wildman–Crippen LogP) is 1.68. The van der Waals surface area contributed by atoms with E-state index in [0.29, 0.717) is 24.5 Å². The first-order valence-electron chi connectivity index (χ1n) is 9.88. The van der Waals surface area contributed by atoms with Gasteiger partial charge in [-0.1, -0.05) is 30.3 Å². The highest BCUT2D eigenvalue weighted by molar-refractivity contribution is 5.78. The van der Waals surface area contributed by atoms with Crippen LogP contribution in [0.25, 0.3) is 0 Å². The number of nitrogens with zero attached hydrogens (tertiary/aromatic N) is 3. The fourth-order valence-electron chi connectivity index (χ4n) is 4.35. The summed E-state index contributed by atoms with van der Waals surface area (Å²) in [5.74, 6) is 1.10. The van der Waals surface area contributed by atoms with Crippen molar-refractivity contribution in [1.82, 2.24) is 25.1 Å². The minimum atomic E-state index is 0.0871. The molecule has 1 spiro atoms. The summed E-state index contributed by atoms with van der Waals surface area (Å²) in [6.07, 6.45) is 7.41. The molecule has 2 heterocycles. The van der Waals surface area contributed by atoms with E-state index in [9.17, 15) is 4.79 Å². The molecule has 1 saturated heterocycles. The molecule has 2 fully saturated rings. The van der Waals surface area contributed by atoms with Gasteiger partial charge in [0.15, 0.2) is 0 Å². The number of nitrogens with one attached hydrogen (secondary N) is 2. The van der Waals surface area contributed by atoms with Crippen molar-refractivity contribution in [2.45, 2.75) is 38.4 Å². The highest BCUT2D eigenvalue weighted by atomic mass is 16.2. The first-order chi connectivity index (χ1) is 13.2. The molecule has 1 aromatic carbocycles. The molecule has 1 amide bonds. The Kier molecular flexibility index (Phi) is 5.27. The van der Waals surface area contributed by atoms with Crippen LogP contribution in [0.3, 0.4) is 0 Å². The molecule has 1 atom stereocenters. The van der Waals surface area contributed by atoms with Crippen molar-refractivity contribution >= 4 is 5.91 Å². The van der Waals surface area contributed by atoms with Gasteiger partial charge in [-0.2, -0.15) is 0 Å². The Balaban J connectivity index is 1.40. The molecule has 4 rings (SSSR count). The van der Waals surface area contributed by atoms with Crippen LogP contribution in [0, 0.1) is 5.41 Å². The van der Waals surface area contributed by atoms with Crippen LogP contribution >= 0.6 is 0 Å². The zero-order chi connectivity index (χ0) is 18.7. The molecule has 1 aliphatic carbocycles. The Morgan fingerprint density at radius 1 is 1.33 bits per heavy atom. The van der Waals surface area contributed by atoms with Crippen LogP contribution in [0.2, 0.25) is 0 Å². The van der Waals surface area contributed by atoms with Gasteiger partial charge in [0, 0.05) is 32.0 Å². The molecule has 0 bridgehead atoms. The average molecular weight is 367 g/mol. The van der Waals surface area contributed by atoms with Crippen molar-refractivity contribution in [3.8, 4) is 0 Å². The van der Waals surface area contributed by atoms with Gasteiger partial charge < -0.3 is 15.2 Å². The topological polar surface area (TPSA) is 62.2 Å². The number of piperidine rings is 1. The van der Waals surface area contributed by atoms with Gasteiger partial charge in [0.2, 0.25) is 5.91 Å². The van der Waals surface area contributed by atoms with Crippen LogP contribution in [0.5, 0.6) is 0 Å². The summed E-state index contributed by atoms with van der Waals surface area (Å²) in [6.45, 7) is 3.91. The SMILES string of the molecule is Cn1ccnc1CN(CC(=O)NCc1ccccc1)[C@H]1CC12CCNCC2.